The highest BCUT2D eigenvalue weighted by molar-refractivity contribution is 5.92. The molecule has 104 valence electrons. The number of benzene rings is 2. The molecular weight excluding hydrogens is 250 g/mol. The fourth-order valence-electron chi connectivity index (χ4n) is 1.90. The van der Waals surface area contributed by atoms with Gasteiger partial charge in [0.1, 0.15) is 5.75 Å². The molecule has 0 radical (unpaired) electrons. The summed E-state index contributed by atoms with van der Waals surface area (Å²) in [6.45, 7) is 4.61. The summed E-state index contributed by atoms with van der Waals surface area (Å²) in [5, 5.41) is 2.89. The van der Waals surface area contributed by atoms with Crippen LogP contribution in [0.5, 0.6) is 5.75 Å². The monoisotopic (exact) mass is 269 g/mol. The Bertz CT molecular complexity index is 559. The minimum absolute atomic E-state index is 0.0157. The van der Waals surface area contributed by atoms with Crippen LogP contribution in [-0.2, 0) is 11.2 Å². The zero-order valence-corrected chi connectivity index (χ0v) is 11.8. The van der Waals surface area contributed by atoms with Crippen LogP contribution in [0.1, 0.15) is 18.1 Å². The van der Waals surface area contributed by atoms with Crippen molar-refractivity contribution in [2.75, 3.05) is 11.9 Å². The van der Waals surface area contributed by atoms with Crippen molar-refractivity contribution in [3.8, 4) is 5.75 Å². The number of aryl methyl sites for hydroxylation is 1. The zero-order chi connectivity index (χ0) is 14.4. The van der Waals surface area contributed by atoms with E-state index in [0.29, 0.717) is 13.0 Å². The van der Waals surface area contributed by atoms with E-state index in [1.807, 2.05) is 62.4 Å². The van der Waals surface area contributed by atoms with Crippen molar-refractivity contribution in [3.63, 3.8) is 0 Å². The van der Waals surface area contributed by atoms with Crippen LogP contribution < -0.4 is 10.1 Å². The lowest BCUT2D eigenvalue weighted by molar-refractivity contribution is -0.115. The van der Waals surface area contributed by atoms with Gasteiger partial charge < -0.3 is 10.1 Å². The molecule has 1 N–H and O–H groups in total. The summed E-state index contributed by atoms with van der Waals surface area (Å²) in [7, 11) is 0. The highest BCUT2D eigenvalue weighted by Gasteiger charge is 2.04. The molecule has 0 fully saturated rings. The molecule has 3 nitrogen and oxygen atoms in total. The minimum atomic E-state index is -0.0157. The molecule has 2 rings (SSSR count). The third-order valence-corrected chi connectivity index (χ3v) is 2.93. The molecule has 0 spiro atoms. The molecule has 3 heteroatoms. The van der Waals surface area contributed by atoms with Crippen molar-refractivity contribution < 1.29 is 9.53 Å². The smallest absolute Gasteiger partial charge is 0.228 e. The van der Waals surface area contributed by atoms with Gasteiger partial charge in [0, 0.05) is 5.69 Å². The third-order valence-electron chi connectivity index (χ3n) is 2.93. The fraction of sp³-hybridized carbons (Fsp3) is 0.235. The normalized spacial score (nSPS) is 10.1. The predicted octanol–water partition coefficient (Wildman–Crippen LogP) is 3.57. The second kappa shape index (κ2) is 6.75. The minimum Gasteiger partial charge on any atom is -0.494 e. The molecule has 0 aliphatic rings. The fourth-order valence-corrected chi connectivity index (χ4v) is 1.90. The van der Waals surface area contributed by atoms with Gasteiger partial charge in [0.25, 0.3) is 0 Å². The van der Waals surface area contributed by atoms with E-state index in [4.69, 9.17) is 4.74 Å². The molecule has 20 heavy (non-hydrogen) atoms. The van der Waals surface area contributed by atoms with Crippen LogP contribution in [-0.4, -0.2) is 12.5 Å². The lowest BCUT2D eigenvalue weighted by Crippen LogP contribution is -2.14. The van der Waals surface area contributed by atoms with E-state index in [1.54, 1.807) is 0 Å². The van der Waals surface area contributed by atoms with Crippen LogP contribution in [0, 0.1) is 6.92 Å². The van der Waals surface area contributed by atoms with E-state index in [2.05, 4.69) is 5.32 Å². The van der Waals surface area contributed by atoms with Crippen molar-refractivity contribution in [2.45, 2.75) is 20.3 Å². The van der Waals surface area contributed by atoms with Gasteiger partial charge in [-0.3, -0.25) is 4.79 Å². The van der Waals surface area contributed by atoms with Crippen LogP contribution in [0.4, 0.5) is 5.69 Å². The largest absolute Gasteiger partial charge is 0.494 e. The molecule has 0 aliphatic heterocycles. The lowest BCUT2D eigenvalue weighted by atomic mass is 10.1. The predicted molar refractivity (Wildman–Crippen MR) is 81.1 cm³/mol. The van der Waals surface area contributed by atoms with Crippen LogP contribution in [0.25, 0.3) is 0 Å². The molecule has 0 saturated carbocycles. The summed E-state index contributed by atoms with van der Waals surface area (Å²) in [6.07, 6.45) is 0.361. The number of hydrogen-bond acceptors (Lipinski definition) is 2. The summed E-state index contributed by atoms with van der Waals surface area (Å²) < 4.78 is 5.37. The average Bonchev–Trinajstić information content (AvgIpc) is 2.44. The maximum absolute atomic E-state index is 11.9. The van der Waals surface area contributed by atoms with Gasteiger partial charge in [-0.2, -0.15) is 0 Å². The molecule has 0 atom stereocenters. The van der Waals surface area contributed by atoms with E-state index < -0.39 is 0 Å². The van der Waals surface area contributed by atoms with E-state index >= 15 is 0 Å². The summed E-state index contributed by atoms with van der Waals surface area (Å²) in [6, 6.07) is 15.4. The Balaban J connectivity index is 1.92. The Morgan fingerprint density at radius 3 is 2.30 bits per heavy atom. The quantitative estimate of drug-likeness (QED) is 0.901. The van der Waals surface area contributed by atoms with Gasteiger partial charge in [-0.1, -0.05) is 29.8 Å². The average molecular weight is 269 g/mol. The maximum Gasteiger partial charge on any atom is 0.228 e. The van der Waals surface area contributed by atoms with Crippen LogP contribution >= 0.6 is 0 Å². The van der Waals surface area contributed by atoms with Crippen LogP contribution in [0.15, 0.2) is 48.5 Å². The highest BCUT2D eigenvalue weighted by atomic mass is 16.5. The Hall–Kier alpha value is -2.29. The van der Waals surface area contributed by atoms with Gasteiger partial charge in [-0.05, 0) is 43.7 Å². The number of rotatable bonds is 5. The Morgan fingerprint density at radius 1 is 1.05 bits per heavy atom. The maximum atomic E-state index is 11.9. The Morgan fingerprint density at radius 2 is 1.70 bits per heavy atom. The van der Waals surface area contributed by atoms with Gasteiger partial charge in [-0.15, -0.1) is 0 Å². The SMILES string of the molecule is CCOc1ccc(CC(=O)Nc2ccc(C)cc2)cc1. The van der Waals surface area contributed by atoms with E-state index in [0.717, 1.165) is 17.0 Å². The van der Waals surface area contributed by atoms with E-state index in [9.17, 15) is 4.79 Å². The first-order chi connectivity index (χ1) is 9.67. The second-order valence-electron chi connectivity index (χ2n) is 4.67. The standard InChI is InChI=1S/C17H19NO2/c1-3-20-16-10-6-14(7-11-16)12-17(19)18-15-8-4-13(2)5-9-15/h4-11H,3,12H2,1-2H3,(H,18,19). The number of nitrogens with one attached hydrogen (secondary N) is 1. The second-order valence-corrected chi connectivity index (χ2v) is 4.67. The number of hydrogen-bond donors (Lipinski definition) is 1. The van der Waals surface area contributed by atoms with Crippen molar-refractivity contribution in [1.29, 1.82) is 0 Å². The van der Waals surface area contributed by atoms with E-state index in [-0.39, 0.29) is 5.91 Å². The van der Waals surface area contributed by atoms with Crippen molar-refractivity contribution in [1.82, 2.24) is 0 Å². The molecule has 2 aromatic carbocycles. The van der Waals surface area contributed by atoms with Crippen LogP contribution in [0.3, 0.4) is 0 Å². The van der Waals surface area contributed by atoms with Gasteiger partial charge in [0.15, 0.2) is 0 Å². The van der Waals surface area contributed by atoms with Gasteiger partial charge in [0.05, 0.1) is 13.0 Å². The number of carbonyl (C=O) groups excluding carboxylic acids is 1. The Kier molecular flexibility index (Phi) is 4.77. The molecule has 0 unspecified atom stereocenters. The first-order valence-corrected chi connectivity index (χ1v) is 6.75. The number of ether oxygens (including phenoxy) is 1. The van der Waals surface area contributed by atoms with Gasteiger partial charge in [0.2, 0.25) is 5.91 Å². The summed E-state index contributed by atoms with van der Waals surface area (Å²) in [5.74, 6) is 0.813. The highest BCUT2D eigenvalue weighted by Crippen LogP contribution is 2.14. The topological polar surface area (TPSA) is 38.3 Å². The number of carbonyl (C=O) groups is 1. The molecule has 0 aromatic heterocycles. The van der Waals surface area contributed by atoms with Gasteiger partial charge >= 0.3 is 0 Å². The molecular formula is C17H19NO2. The molecule has 2 aromatic rings. The van der Waals surface area contributed by atoms with Crippen molar-refractivity contribution in [2.24, 2.45) is 0 Å². The molecule has 0 saturated heterocycles. The van der Waals surface area contributed by atoms with Crippen molar-refractivity contribution >= 4 is 11.6 Å². The van der Waals surface area contributed by atoms with E-state index in [1.165, 1.54) is 5.56 Å². The molecule has 0 heterocycles. The first-order valence-electron chi connectivity index (χ1n) is 6.75. The molecule has 1 amide bonds. The Labute approximate surface area is 119 Å². The van der Waals surface area contributed by atoms with Crippen LogP contribution in [0.2, 0.25) is 0 Å². The summed E-state index contributed by atoms with van der Waals surface area (Å²) in [4.78, 5) is 11.9. The third kappa shape index (κ3) is 4.12. The first kappa shape index (κ1) is 14.1. The summed E-state index contributed by atoms with van der Waals surface area (Å²) in [5.41, 5.74) is 2.97. The molecule has 0 aliphatic carbocycles. The number of anilines is 1. The molecule has 0 bridgehead atoms. The van der Waals surface area contributed by atoms with Crippen molar-refractivity contribution in [3.05, 3.63) is 59.7 Å². The summed E-state index contributed by atoms with van der Waals surface area (Å²) >= 11 is 0. The zero-order valence-electron chi connectivity index (χ0n) is 11.8. The number of amides is 1. The van der Waals surface area contributed by atoms with Gasteiger partial charge in [-0.25, -0.2) is 0 Å². The lowest BCUT2D eigenvalue weighted by Gasteiger charge is -2.07.